The molecule has 3 nitrogen and oxygen atoms in total. The summed E-state index contributed by atoms with van der Waals surface area (Å²) in [6.45, 7) is 2.42. The van der Waals surface area contributed by atoms with Gasteiger partial charge in [0, 0.05) is 12.0 Å². The molecule has 1 aromatic carbocycles. The number of carbonyl (C=O) groups excluding carboxylic acids is 1. The first-order valence-electron chi connectivity index (χ1n) is 4.69. The van der Waals surface area contributed by atoms with Crippen molar-refractivity contribution in [2.24, 2.45) is 0 Å². The molecule has 0 amide bonds. The summed E-state index contributed by atoms with van der Waals surface area (Å²) in [5.74, 6) is 0.863. The van der Waals surface area contributed by atoms with Crippen LogP contribution in [-0.2, 0) is 11.2 Å². The van der Waals surface area contributed by atoms with Crippen molar-refractivity contribution in [3.05, 3.63) is 23.8 Å². The minimum Gasteiger partial charge on any atom is -0.508 e. The highest BCUT2D eigenvalue weighted by Crippen LogP contribution is 2.24. The van der Waals surface area contributed by atoms with Crippen LogP contribution in [0, 0.1) is 0 Å². The van der Waals surface area contributed by atoms with Crippen molar-refractivity contribution in [1.82, 2.24) is 0 Å². The molecule has 0 unspecified atom stereocenters. The molecule has 0 aromatic heterocycles. The summed E-state index contributed by atoms with van der Waals surface area (Å²) in [4.78, 5) is 11.3. The number of ketones is 1. The lowest BCUT2D eigenvalue weighted by Crippen LogP contribution is -2.05. The SMILES string of the molecule is CCOc1ccc(O)cc1CC(=O)CBr. The maximum atomic E-state index is 11.3. The third kappa shape index (κ3) is 3.55. The highest BCUT2D eigenvalue weighted by molar-refractivity contribution is 9.09. The van der Waals surface area contributed by atoms with E-state index in [1.807, 2.05) is 6.92 Å². The van der Waals surface area contributed by atoms with Gasteiger partial charge in [-0.05, 0) is 25.1 Å². The summed E-state index contributed by atoms with van der Waals surface area (Å²) in [6, 6.07) is 4.79. The van der Waals surface area contributed by atoms with Gasteiger partial charge in [-0.2, -0.15) is 0 Å². The fourth-order valence-corrected chi connectivity index (χ4v) is 1.46. The van der Waals surface area contributed by atoms with Gasteiger partial charge in [0.15, 0.2) is 0 Å². The van der Waals surface area contributed by atoms with Crippen LogP contribution in [0.15, 0.2) is 18.2 Å². The number of ether oxygens (including phenoxy) is 1. The summed E-state index contributed by atoms with van der Waals surface area (Å²) in [7, 11) is 0. The molecule has 0 radical (unpaired) electrons. The molecule has 0 saturated heterocycles. The molecule has 0 spiro atoms. The molecule has 15 heavy (non-hydrogen) atoms. The van der Waals surface area contributed by atoms with E-state index in [9.17, 15) is 9.90 Å². The van der Waals surface area contributed by atoms with Crippen LogP contribution in [0.4, 0.5) is 0 Å². The maximum Gasteiger partial charge on any atom is 0.147 e. The number of rotatable bonds is 5. The third-order valence-corrected chi connectivity index (χ3v) is 2.51. The highest BCUT2D eigenvalue weighted by Gasteiger charge is 2.08. The Balaban J connectivity index is 2.91. The van der Waals surface area contributed by atoms with Gasteiger partial charge in [-0.3, -0.25) is 4.79 Å². The Labute approximate surface area is 97.2 Å². The summed E-state index contributed by atoms with van der Waals surface area (Å²) in [5.41, 5.74) is 0.723. The van der Waals surface area contributed by atoms with Gasteiger partial charge in [0.2, 0.25) is 0 Å². The molecule has 0 aliphatic heterocycles. The number of alkyl halides is 1. The molecule has 0 saturated carbocycles. The van der Waals surface area contributed by atoms with Crippen molar-refractivity contribution in [3.63, 3.8) is 0 Å². The minimum atomic E-state index is 0.0570. The zero-order chi connectivity index (χ0) is 11.3. The van der Waals surface area contributed by atoms with Crippen LogP contribution in [0.5, 0.6) is 11.5 Å². The molecular formula is C11H13BrO3. The van der Waals surface area contributed by atoms with Crippen LogP contribution >= 0.6 is 15.9 Å². The lowest BCUT2D eigenvalue weighted by molar-refractivity contribution is -0.115. The summed E-state index contributed by atoms with van der Waals surface area (Å²) >= 11 is 3.10. The smallest absolute Gasteiger partial charge is 0.147 e. The lowest BCUT2D eigenvalue weighted by atomic mass is 10.1. The van der Waals surface area contributed by atoms with E-state index in [2.05, 4.69) is 15.9 Å². The van der Waals surface area contributed by atoms with Crippen molar-refractivity contribution >= 4 is 21.7 Å². The van der Waals surface area contributed by atoms with Crippen LogP contribution in [0.1, 0.15) is 12.5 Å². The molecule has 0 bridgehead atoms. The van der Waals surface area contributed by atoms with Gasteiger partial charge < -0.3 is 9.84 Å². The summed E-state index contributed by atoms with van der Waals surface area (Å²) < 4.78 is 5.36. The highest BCUT2D eigenvalue weighted by atomic mass is 79.9. The third-order valence-electron chi connectivity index (χ3n) is 1.88. The van der Waals surface area contributed by atoms with E-state index in [0.717, 1.165) is 5.56 Å². The van der Waals surface area contributed by atoms with Crippen LogP contribution in [0.2, 0.25) is 0 Å². The predicted octanol–water partition coefficient (Wildman–Crippen LogP) is 2.30. The Hall–Kier alpha value is -1.03. The van der Waals surface area contributed by atoms with E-state index in [1.54, 1.807) is 18.2 Å². The van der Waals surface area contributed by atoms with Crippen LogP contribution < -0.4 is 4.74 Å². The normalized spacial score (nSPS) is 10.0. The number of hydrogen-bond donors (Lipinski definition) is 1. The number of halogens is 1. The van der Waals surface area contributed by atoms with Crippen molar-refractivity contribution in [3.8, 4) is 11.5 Å². The van der Waals surface area contributed by atoms with Crippen LogP contribution in [0.3, 0.4) is 0 Å². The largest absolute Gasteiger partial charge is 0.508 e. The molecule has 0 aliphatic rings. The number of Topliss-reactive ketones (excluding diaryl/α,β-unsaturated/α-hetero) is 1. The van der Waals surface area contributed by atoms with Gasteiger partial charge in [0.25, 0.3) is 0 Å². The number of hydrogen-bond acceptors (Lipinski definition) is 3. The zero-order valence-electron chi connectivity index (χ0n) is 8.50. The van der Waals surface area contributed by atoms with Gasteiger partial charge in [0.05, 0.1) is 11.9 Å². The molecule has 0 atom stereocenters. The average molecular weight is 273 g/mol. The molecule has 0 aliphatic carbocycles. The van der Waals surface area contributed by atoms with E-state index >= 15 is 0 Å². The van der Waals surface area contributed by atoms with Crippen molar-refractivity contribution in [2.75, 3.05) is 11.9 Å². The number of phenolic OH excluding ortho intramolecular Hbond substituents is 1. The molecule has 0 fully saturated rings. The Morgan fingerprint density at radius 1 is 1.53 bits per heavy atom. The second-order valence-electron chi connectivity index (χ2n) is 3.07. The van der Waals surface area contributed by atoms with E-state index in [-0.39, 0.29) is 18.0 Å². The van der Waals surface area contributed by atoms with E-state index in [4.69, 9.17) is 4.74 Å². The van der Waals surface area contributed by atoms with Gasteiger partial charge in [-0.15, -0.1) is 0 Å². The Kier molecular flexibility index (Phi) is 4.62. The number of phenols is 1. The standard InChI is InChI=1S/C11H13BrO3/c1-2-15-11-4-3-9(13)5-8(11)6-10(14)7-12/h3-5,13H,2,6-7H2,1H3. The second kappa shape index (κ2) is 5.75. The van der Waals surface area contributed by atoms with Gasteiger partial charge in [-0.1, -0.05) is 15.9 Å². The topological polar surface area (TPSA) is 46.5 Å². The molecule has 82 valence electrons. The fourth-order valence-electron chi connectivity index (χ4n) is 1.26. The number of carbonyl (C=O) groups is 1. The first-order chi connectivity index (χ1) is 7.17. The second-order valence-corrected chi connectivity index (χ2v) is 3.63. The Morgan fingerprint density at radius 3 is 2.87 bits per heavy atom. The monoisotopic (exact) mass is 272 g/mol. The average Bonchev–Trinajstić information content (AvgIpc) is 2.22. The van der Waals surface area contributed by atoms with Crippen molar-refractivity contribution in [1.29, 1.82) is 0 Å². The summed E-state index contributed by atoms with van der Waals surface area (Å²) in [6.07, 6.45) is 0.273. The predicted molar refractivity (Wildman–Crippen MR) is 61.8 cm³/mol. The molecule has 1 rings (SSSR count). The zero-order valence-corrected chi connectivity index (χ0v) is 10.1. The van der Waals surface area contributed by atoms with Gasteiger partial charge >= 0.3 is 0 Å². The minimum absolute atomic E-state index is 0.0570. The van der Waals surface area contributed by atoms with Crippen LogP contribution in [-0.4, -0.2) is 22.8 Å². The molecule has 4 heteroatoms. The van der Waals surface area contributed by atoms with Gasteiger partial charge in [0.1, 0.15) is 17.3 Å². The van der Waals surface area contributed by atoms with Crippen LogP contribution in [0.25, 0.3) is 0 Å². The maximum absolute atomic E-state index is 11.3. The first-order valence-corrected chi connectivity index (χ1v) is 5.82. The Morgan fingerprint density at radius 2 is 2.27 bits per heavy atom. The summed E-state index contributed by atoms with van der Waals surface area (Å²) in [5, 5.41) is 9.63. The first kappa shape index (κ1) is 12.0. The molecule has 1 aromatic rings. The lowest BCUT2D eigenvalue weighted by Gasteiger charge is -2.09. The molecule has 0 heterocycles. The van der Waals surface area contributed by atoms with Crippen molar-refractivity contribution < 1.29 is 14.6 Å². The number of benzene rings is 1. The van der Waals surface area contributed by atoms with E-state index < -0.39 is 0 Å². The van der Waals surface area contributed by atoms with Gasteiger partial charge in [-0.25, -0.2) is 0 Å². The van der Waals surface area contributed by atoms with Crippen molar-refractivity contribution in [2.45, 2.75) is 13.3 Å². The Bertz CT molecular complexity index is 350. The van der Waals surface area contributed by atoms with E-state index in [0.29, 0.717) is 17.7 Å². The molecular weight excluding hydrogens is 260 g/mol. The number of aromatic hydroxyl groups is 1. The fraction of sp³-hybridized carbons (Fsp3) is 0.364. The molecule has 1 N–H and O–H groups in total. The quantitative estimate of drug-likeness (QED) is 0.837. The van der Waals surface area contributed by atoms with E-state index in [1.165, 1.54) is 0 Å².